The molecule has 1 unspecified atom stereocenters. The highest BCUT2D eigenvalue weighted by Gasteiger charge is 2.29. The summed E-state index contributed by atoms with van der Waals surface area (Å²) in [5, 5.41) is 4.34. The van der Waals surface area contributed by atoms with Crippen LogP contribution in [0.1, 0.15) is 49.6 Å². The molecule has 1 fully saturated rings. The number of hydrogen-bond donors (Lipinski definition) is 0. The number of ether oxygens (including phenoxy) is 1. The van der Waals surface area contributed by atoms with Crippen molar-refractivity contribution in [3.05, 3.63) is 11.9 Å². The Morgan fingerprint density at radius 3 is 2.89 bits per heavy atom. The molecule has 2 rings (SSSR count). The van der Waals surface area contributed by atoms with E-state index in [4.69, 9.17) is 4.74 Å². The lowest BCUT2D eigenvalue weighted by atomic mass is 10.1. The number of methoxy groups -OCH3 is 1. The molecule has 2 heterocycles. The van der Waals surface area contributed by atoms with Gasteiger partial charge in [-0.15, -0.1) is 0 Å². The highest BCUT2D eigenvalue weighted by atomic mass is 32.2. The monoisotopic (exact) mass is 268 g/mol. The number of carbonyl (C=O) groups excluding carboxylic acids is 1. The molecule has 0 radical (unpaired) electrons. The first kappa shape index (κ1) is 13.5. The van der Waals surface area contributed by atoms with Gasteiger partial charge in [0.15, 0.2) is 11.5 Å². The van der Waals surface area contributed by atoms with Crippen molar-refractivity contribution in [3.63, 3.8) is 0 Å². The van der Waals surface area contributed by atoms with Crippen molar-refractivity contribution in [2.24, 2.45) is 0 Å². The van der Waals surface area contributed by atoms with Crippen molar-refractivity contribution in [2.45, 2.75) is 44.4 Å². The molecule has 1 aliphatic rings. The molecule has 1 aromatic heterocycles. The summed E-state index contributed by atoms with van der Waals surface area (Å²) < 4.78 is 7.05. The van der Waals surface area contributed by atoms with Crippen molar-refractivity contribution >= 4 is 17.5 Å². The van der Waals surface area contributed by atoms with Gasteiger partial charge in [0.05, 0.1) is 18.6 Å². The molecule has 0 aliphatic carbocycles. The van der Waals surface area contributed by atoms with Gasteiger partial charge in [0, 0.05) is 6.04 Å². The lowest BCUT2D eigenvalue weighted by Crippen LogP contribution is -2.25. The van der Waals surface area contributed by atoms with Crippen LogP contribution in [0.4, 0.5) is 0 Å². The fraction of sp³-hybridized carbons (Fsp3) is 0.692. The van der Waals surface area contributed by atoms with E-state index in [1.807, 2.05) is 13.8 Å². The van der Waals surface area contributed by atoms with Gasteiger partial charge in [0.25, 0.3) is 0 Å². The molecule has 0 spiro atoms. The fourth-order valence-corrected chi connectivity index (χ4v) is 3.47. The molecule has 5 heteroatoms. The Morgan fingerprint density at radius 1 is 1.56 bits per heavy atom. The van der Waals surface area contributed by atoms with Gasteiger partial charge in [-0.3, -0.25) is 9.48 Å². The minimum absolute atomic E-state index is 0.0712. The highest BCUT2D eigenvalue weighted by Crippen LogP contribution is 2.31. The van der Waals surface area contributed by atoms with Crippen LogP contribution in [0.15, 0.2) is 6.20 Å². The van der Waals surface area contributed by atoms with Gasteiger partial charge in [-0.05, 0) is 32.4 Å². The largest absolute Gasteiger partial charge is 0.493 e. The lowest BCUT2D eigenvalue weighted by Gasteiger charge is -2.21. The van der Waals surface area contributed by atoms with E-state index in [9.17, 15) is 4.79 Å². The summed E-state index contributed by atoms with van der Waals surface area (Å²) in [5.41, 5.74) is 0.631. The molecule has 0 bridgehead atoms. The van der Waals surface area contributed by atoms with Gasteiger partial charge in [-0.2, -0.15) is 16.9 Å². The molecule has 0 aromatic carbocycles. The molecule has 4 nitrogen and oxygen atoms in total. The number of rotatable bonds is 4. The van der Waals surface area contributed by atoms with Crippen LogP contribution in [-0.4, -0.2) is 33.7 Å². The Balaban J connectivity index is 2.29. The van der Waals surface area contributed by atoms with Crippen LogP contribution < -0.4 is 4.74 Å². The minimum Gasteiger partial charge on any atom is -0.493 e. The van der Waals surface area contributed by atoms with Gasteiger partial charge in [-0.25, -0.2) is 0 Å². The summed E-state index contributed by atoms with van der Waals surface area (Å²) in [6.45, 7) is 4.05. The van der Waals surface area contributed by atoms with E-state index >= 15 is 0 Å². The topological polar surface area (TPSA) is 44.1 Å². The van der Waals surface area contributed by atoms with Gasteiger partial charge in [0.1, 0.15) is 5.69 Å². The first-order valence-corrected chi connectivity index (χ1v) is 7.47. The van der Waals surface area contributed by atoms with E-state index < -0.39 is 0 Å². The van der Waals surface area contributed by atoms with E-state index in [2.05, 4.69) is 5.10 Å². The second kappa shape index (κ2) is 5.78. The second-order valence-corrected chi connectivity index (χ2v) is 6.13. The number of aromatic nitrogens is 2. The van der Waals surface area contributed by atoms with Crippen LogP contribution in [0, 0.1) is 0 Å². The van der Waals surface area contributed by atoms with E-state index in [1.165, 1.54) is 6.42 Å². The zero-order valence-corrected chi connectivity index (χ0v) is 12.0. The molecule has 1 atom stereocenters. The average Bonchev–Trinajstić information content (AvgIpc) is 2.82. The van der Waals surface area contributed by atoms with E-state index in [1.54, 1.807) is 29.8 Å². The Morgan fingerprint density at radius 2 is 2.33 bits per heavy atom. The molecular weight excluding hydrogens is 248 g/mol. The summed E-state index contributed by atoms with van der Waals surface area (Å²) in [5.74, 6) is 1.84. The van der Waals surface area contributed by atoms with E-state index in [-0.39, 0.29) is 17.1 Å². The van der Waals surface area contributed by atoms with Crippen molar-refractivity contribution in [3.8, 4) is 5.75 Å². The van der Waals surface area contributed by atoms with Crippen LogP contribution >= 0.6 is 11.8 Å². The van der Waals surface area contributed by atoms with Crippen molar-refractivity contribution in [1.29, 1.82) is 0 Å². The molecule has 100 valence electrons. The molecule has 1 aromatic rings. The standard InChI is InChI=1S/C13H20N2O2S/c1-9(2)15-12(10(17-3)8-14-15)13(16)11-6-4-5-7-18-11/h8-9,11H,4-7H2,1-3H3. The molecule has 0 saturated carbocycles. The van der Waals surface area contributed by atoms with Crippen LogP contribution in [0.25, 0.3) is 0 Å². The smallest absolute Gasteiger partial charge is 0.197 e. The third kappa shape index (κ3) is 2.55. The summed E-state index contributed by atoms with van der Waals surface area (Å²) in [4.78, 5) is 12.6. The molecular formula is C13H20N2O2S. The normalized spacial score (nSPS) is 20.1. The number of thioether (sulfide) groups is 1. The summed E-state index contributed by atoms with van der Waals surface area (Å²) >= 11 is 1.76. The zero-order chi connectivity index (χ0) is 13.1. The quantitative estimate of drug-likeness (QED) is 0.788. The molecule has 1 saturated heterocycles. The van der Waals surface area contributed by atoms with E-state index in [0.29, 0.717) is 11.4 Å². The van der Waals surface area contributed by atoms with Gasteiger partial charge in [-0.1, -0.05) is 6.42 Å². The number of carbonyl (C=O) groups is 1. The number of Topliss-reactive ketones (excluding diaryl/α,β-unsaturated/α-hetero) is 1. The number of nitrogens with zero attached hydrogens (tertiary/aromatic N) is 2. The van der Waals surface area contributed by atoms with Crippen LogP contribution in [0.5, 0.6) is 5.75 Å². The first-order chi connectivity index (χ1) is 8.65. The maximum atomic E-state index is 12.6. The van der Waals surface area contributed by atoms with Gasteiger partial charge < -0.3 is 4.74 Å². The van der Waals surface area contributed by atoms with Crippen LogP contribution in [0.3, 0.4) is 0 Å². The van der Waals surface area contributed by atoms with Crippen LogP contribution in [0.2, 0.25) is 0 Å². The third-order valence-corrected chi connectivity index (χ3v) is 4.55. The number of hydrogen-bond acceptors (Lipinski definition) is 4. The van der Waals surface area contributed by atoms with Crippen molar-refractivity contribution < 1.29 is 9.53 Å². The maximum Gasteiger partial charge on any atom is 0.197 e. The third-order valence-electron chi connectivity index (χ3n) is 3.18. The second-order valence-electron chi connectivity index (χ2n) is 4.82. The Hall–Kier alpha value is -0.970. The molecule has 18 heavy (non-hydrogen) atoms. The molecule has 0 N–H and O–H groups in total. The predicted octanol–water partition coefficient (Wildman–Crippen LogP) is 2.94. The zero-order valence-electron chi connectivity index (χ0n) is 11.2. The number of ketones is 1. The minimum atomic E-state index is 0.0712. The highest BCUT2D eigenvalue weighted by molar-refractivity contribution is 8.00. The fourth-order valence-electron chi connectivity index (χ4n) is 2.22. The van der Waals surface area contributed by atoms with E-state index in [0.717, 1.165) is 18.6 Å². The lowest BCUT2D eigenvalue weighted by molar-refractivity contribution is 0.0969. The SMILES string of the molecule is COc1cnn(C(C)C)c1C(=O)C1CCCCS1. The molecule has 1 aliphatic heterocycles. The van der Waals surface area contributed by atoms with Gasteiger partial charge >= 0.3 is 0 Å². The Labute approximate surface area is 112 Å². The Kier molecular flexibility index (Phi) is 4.32. The maximum absolute atomic E-state index is 12.6. The summed E-state index contributed by atoms with van der Waals surface area (Å²) in [6, 6.07) is 0.168. The van der Waals surface area contributed by atoms with Gasteiger partial charge in [0.2, 0.25) is 0 Å². The summed E-state index contributed by atoms with van der Waals surface area (Å²) in [7, 11) is 1.59. The average molecular weight is 268 g/mol. The van der Waals surface area contributed by atoms with Crippen molar-refractivity contribution in [1.82, 2.24) is 9.78 Å². The summed E-state index contributed by atoms with van der Waals surface area (Å²) in [6.07, 6.45) is 4.97. The first-order valence-electron chi connectivity index (χ1n) is 6.42. The Bertz CT molecular complexity index is 423. The molecule has 0 amide bonds. The van der Waals surface area contributed by atoms with Crippen molar-refractivity contribution in [2.75, 3.05) is 12.9 Å². The van der Waals surface area contributed by atoms with Crippen LogP contribution in [-0.2, 0) is 0 Å². The predicted molar refractivity (Wildman–Crippen MR) is 73.6 cm³/mol.